The number of nitrogens with one attached hydrogen (secondary N) is 2. The number of amides is 2. The molecule has 0 aromatic rings. The van der Waals surface area contributed by atoms with E-state index in [2.05, 4.69) is 10.6 Å². The van der Waals surface area contributed by atoms with Crippen LogP contribution in [0.2, 0.25) is 0 Å². The van der Waals surface area contributed by atoms with Crippen LogP contribution in [0.15, 0.2) is 0 Å². The van der Waals surface area contributed by atoms with Crippen molar-refractivity contribution in [2.24, 2.45) is 0 Å². The van der Waals surface area contributed by atoms with E-state index >= 15 is 0 Å². The Morgan fingerprint density at radius 2 is 2.11 bits per heavy atom. The molecule has 1 heterocycles. The molecular weight excluding hydrogens is 272 g/mol. The molecule has 0 aromatic heterocycles. The van der Waals surface area contributed by atoms with Crippen molar-refractivity contribution < 1.29 is 23.1 Å². The quantitative estimate of drug-likeness (QED) is 0.643. The second-order valence-corrected chi connectivity index (χ2v) is 7.07. The lowest BCUT2D eigenvalue weighted by molar-refractivity contribution is -0.139. The highest BCUT2D eigenvalue weighted by atomic mass is 32.2. The largest absolute Gasteiger partial charge is 0.480 e. The van der Waals surface area contributed by atoms with Crippen molar-refractivity contribution in [3.05, 3.63) is 0 Å². The Labute approximate surface area is 112 Å². The molecule has 3 N–H and O–H groups in total. The number of carbonyl (C=O) groups is 2. The minimum absolute atomic E-state index is 0.0344. The van der Waals surface area contributed by atoms with Crippen LogP contribution in [0, 0.1) is 0 Å². The van der Waals surface area contributed by atoms with Gasteiger partial charge in [-0.1, -0.05) is 13.3 Å². The fourth-order valence-corrected chi connectivity index (χ4v) is 3.81. The third-order valence-corrected chi connectivity index (χ3v) is 5.41. The molecule has 2 amide bonds. The van der Waals surface area contributed by atoms with Crippen LogP contribution in [0.25, 0.3) is 0 Å². The van der Waals surface area contributed by atoms with Crippen molar-refractivity contribution in [3.63, 3.8) is 0 Å². The second kappa shape index (κ2) is 6.74. The number of hydrogen-bond donors (Lipinski definition) is 3. The van der Waals surface area contributed by atoms with Crippen molar-refractivity contribution in [3.8, 4) is 0 Å². The first-order chi connectivity index (χ1) is 8.86. The lowest BCUT2D eigenvalue weighted by Crippen LogP contribution is -2.48. The predicted molar refractivity (Wildman–Crippen MR) is 69.7 cm³/mol. The molecule has 19 heavy (non-hydrogen) atoms. The Hall–Kier alpha value is -1.31. The molecule has 1 aliphatic rings. The predicted octanol–water partition coefficient (Wildman–Crippen LogP) is 0.116. The monoisotopic (exact) mass is 292 g/mol. The molecule has 1 unspecified atom stereocenters. The van der Waals surface area contributed by atoms with E-state index in [0.717, 1.165) is 0 Å². The van der Waals surface area contributed by atoms with Crippen LogP contribution in [0.5, 0.6) is 0 Å². The van der Waals surface area contributed by atoms with Crippen molar-refractivity contribution >= 4 is 21.8 Å². The van der Waals surface area contributed by atoms with Crippen molar-refractivity contribution in [1.82, 2.24) is 10.6 Å². The second-order valence-electron chi connectivity index (χ2n) is 4.67. The van der Waals surface area contributed by atoms with Gasteiger partial charge in [-0.3, -0.25) is 0 Å². The van der Waals surface area contributed by atoms with Gasteiger partial charge in [0.2, 0.25) is 0 Å². The van der Waals surface area contributed by atoms with Gasteiger partial charge in [0.1, 0.15) is 6.04 Å². The van der Waals surface area contributed by atoms with Crippen LogP contribution in [0.4, 0.5) is 4.79 Å². The summed E-state index contributed by atoms with van der Waals surface area (Å²) in [5, 5.41) is 13.1. The summed E-state index contributed by atoms with van der Waals surface area (Å²) in [6, 6.07) is -1.58. The normalized spacial score (nSPS) is 22.7. The minimum Gasteiger partial charge on any atom is -0.480 e. The average molecular weight is 292 g/mol. The summed E-state index contributed by atoms with van der Waals surface area (Å²) >= 11 is 0. The van der Waals surface area contributed by atoms with Gasteiger partial charge in [0.05, 0.1) is 11.0 Å². The van der Waals surface area contributed by atoms with E-state index in [1.54, 1.807) is 0 Å². The molecule has 0 spiro atoms. The van der Waals surface area contributed by atoms with E-state index in [9.17, 15) is 18.0 Å². The van der Waals surface area contributed by atoms with Crippen LogP contribution in [0.1, 0.15) is 32.6 Å². The molecule has 0 radical (unpaired) electrons. The van der Waals surface area contributed by atoms with E-state index < -0.39 is 33.1 Å². The lowest BCUT2D eigenvalue weighted by Gasteiger charge is -2.15. The van der Waals surface area contributed by atoms with Gasteiger partial charge in [-0.25, -0.2) is 18.0 Å². The Balaban J connectivity index is 2.41. The molecule has 0 aliphatic carbocycles. The van der Waals surface area contributed by atoms with Gasteiger partial charge < -0.3 is 15.7 Å². The van der Waals surface area contributed by atoms with E-state index in [0.29, 0.717) is 25.7 Å². The zero-order valence-corrected chi connectivity index (χ0v) is 11.7. The summed E-state index contributed by atoms with van der Waals surface area (Å²) < 4.78 is 23.1. The summed E-state index contributed by atoms with van der Waals surface area (Å²) in [5.41, 5.74) is 0. The Bertz CT molecular complexity index is 434. The third-order valence-electron chi connectivity index (χ3n) is 3.13. The standard InChI is InChI=1S/C11H20N2O5S/c1-2-4-9(10(14)15)13-11(16)12-7-8-5-3-6-19(8,17)18/h8-9H,2-7H2,1H3,(H,14,15)(H2,12,13,16)/t8?,9-/m1/s1. The summed E-state index contributed by atoms with van der Waals surface area (Å²) in [5.74, 6) is -0.931. The van der Waals surface area contributed by atoms with E-state index in [1.807, 2.05) is 6.92 Å². The average Bonchev–Trinajstić information content (AvgIpc) is 2.65. The topological polar surface area (TPSA) is 113 Å². The van der Waals surface area contributed by atoms with Crippen LogP contribution in [-0.4, -0.2) is 49.1 Å². The molecule has 7 nitrogen and oxygen atoms in total. The summed E-state index contributed by atoms with van der Waals surface area (Å²) in [4.78, 5) is 22.4. The molecule has 1 fully saturated rings. The highest BCUT2D eigenvalue weighted by molar-refractivity contribution is 7.92. The molecule has 1 saturated heterocycles. The zero-order chi connectivity index (χ0) is 14.5. The van der Waals surface area contributed by atoms with E-state index in [1.165, 1.54) is 0 Å². The smallest absolute Gasteiger partial charge is 0.326 e. The Morgan fingerprint density at radius 3 is 2.58 bits per heavy atom. The van der Waals surface area contributed by atoms with E-state index in [-0.39, 0.29) is 12.3 Å². The van der Waals surface area contributed by atoms with E-state index in [4.69, 9.17) is 5.11 Å². The first kappa shape index (κ1) is 15.7. The van der Waals surface area contributed by atoms with Crippen LogP contribution < -0.4 is 10.6 Å². The highest BCUT2D eigenvalue weighted by Crippen LogP contribution is 2.18. The summed E-state index contributed by atoms with van der Waals surface area (Å²) in [6.45, 7) is 1.85. The molecule has 1 aliphatic heterocycles. The maximum Gasteiger partial charge on any atom is 0.326 e. The van der Waals surface area contributed by atoms with Gasteiger partial charge in [0.15, 0.2) is 9.84 Å². The number of hydrogen-bond acceptors (Lipinski definition) is 4. The number of urea groups is 1. The molecule has 0 saturated carbocycles. The molecule has 110 valence electrons. The molecule has 1 rings (SSSR count). The van der Waals surface area contributed by atoms with Crippen LogP contribution in [-0.2, 0) is 14.6 Å². The maximum absolute atomic E-state index is 11.5. The fourth-order valence-electron chi connectivity index (χ4n) is 2.05. The number of sulfone groups is 1. The van der Waals surface area contributed by atoms with Gasteiger partial charge >= 0.3 is 12.0 Å². The van der Waals surface area contributed by atoms with Crippen molar-refractivity contribution in [1.29, 1.82) is 0 Å². The molecule has 8 heteroatoms. The molecule has 2 atom stereocenters. The first-order valence-electron chi connectivity index (χ1n) is 6.35. The minimum atomic E-state index is -3.10. The third kappa shape index (κ3) is 4.70. The Morgan fingerprint density at radius 1 is 1.42 bits per heavy atom. The van der Waals surface area contributed by atoms with Crippen molar-refractivity contribution in [2.45, 2.75) is 43.9 Å². The van der Waals surface area contributed by atoms with Gasteiger partial charge in [-0.15, -0.1) is 0 Å². The highest BCUT2D eigenvalue weighted by Gasteiger charge is 2.31. The summed E-state index contributed by atoms with van der Waals surface area (Å²) in [6.07, 6.45) is 2.13. The van der Waals surface area contributed by atoms with Gasteiger partial charge in [0.25, 0.3) is 0 Å². The number of carboxylic acids is 1. The number of carbonyl (C=O) groups excluding carboxylic acids is 1. The van der Waals surface area contributed by atoms with Crippen LogP contribution >= 0.6 is 0 Å². The maximum atomic E-state index is 11.5. The number of aliphatic carboxylic acids is 1. The Kier molecular flexibility index (Phi) is 5.59. The lowest BCUT2D eigenvalue weighted by atomic mass is 10.2. The molecular formula is C11H20N2O5S. The zero-order valence-electron chi connectivity index (χ0n) is 10.9. The summed E-state index contributed by atoms with van der Waals surface area (Å²) in [7, 11) is -3.10. The molecule has 0 bridgehead atoms. The SMILES string of the molecule is CCC[C@@H](NC(=O)NCC1CCCS1(=O)=O)C(=O)O. The van der Waals surface area contributed by atoms with Gasteiger partial charge in [-0.05, 0) is 19.3 Å². The number of rotatable bonds is 6. The number of carboxylic acid groups (broad SMARTS) is 1. The van der Waals surface area contributed by atoms with Gasteiger partial charge in [-0.2, -0.15) is 0 Å². The van der Waals surface area contributed by atoms with Crippen LogP contribution in [0.3, 0.4) is 0 Å². The van der Waals surface area contributed by atoms with Crippen molar-refractivity contribution in [2.75, 3.05) is 12.3 Å². The molecule has 0 aromatic carbocycles. The first-order valence-corrected chi connectivity index (χ1v) is 8.07. The van der Waals surface area contributed by atoms with Gasteiger partial charge in [0, 0.05) is 6.54 Å². The fraction of sp³-hybridized carbons (Fsp3) is 0.818.